The second-order valence-electron chi connectivity index (χ2n) is 5.59. The van der Waals surface area contributed by atoms with Crippen LogP contribution in [0, 0.1) is 5.92 Å². The van der Waals surface area contributed by atoms with Crippen LogP contribution in [-0.4, -0.2) is 36.5 Å². The predicted molar refractivity (Wildman–Crippen MR) is 79.9 cm³/mol. The lowest BCUT2D eigenvalue weighted by molar-refractivity contribution is -0.136. The average Bonchev–Trinajstić information content (AvgIpc) is 3.24. The number of carbonyl (C=O) groups is 1. The zero-order valence-electron chi connectivity index (χ0n) is 11.9. The molecule has 0 bridgehead atoms. The van der Waals surface area contributed by atoms with Gasteiger partial charge in [-0.05, 0) is 49.9 Å². The van der Waals surface area contributed by atoms with Gasteiger partial charge in [-0.25, -0.2) is 0 Å². The van der Waals surface area contributed by atoms with E-state index in [4.69, 9.17) is 22.1 Å². The summed E-state index contributed by atoms with van der Waals surface area (Å²) in [5, 5.41) is 0.674. The van der Waals surface area contributed by atoms with Crippen LogP contribution in [0.5, 0.6) is 5.75 Å². The number of benzene rings is 1. The van der Waals surface area contributed by atoms with E-state index in [1.165, 1.54) is 0 Å². The number of nitrogens with two attached hydrogens (primary N) is 1. The minimum absolute atomic E-state index is 0.0142. The molecule has 110 valence electrons. The number of rotatable bonds is 6. The van der Waals surface area contributed by atoms with Crippen molar-refractivity contribution in [2.45, 2.75) is 25.3 Å². The molecule has 0 radical (unpaired) electrons. The van der Waals surface area contributed by atoms with Crippen molar-refractivity contribution in [1.29, 1.82) is 0 Å². The van der Waals surface area contributed by atoms with Crippen LogP contribution in [0.3, 0.4) is 0 Å². The highest BCUT2D eigenvalue weighted by Crippen LogP contribution is 2.38. The van der Waals surface area contributed by atoms with E-state index in [9.17, 15) is 4.79 Å². The van der Waals surface area contributed by atoms with Gasteiger partial charge in [-0.15, -0.1) is 0 Å². The van der Waals surface area contributed by atoms with Gasteiger partial charge in [-0.2, -0.15) is 0 Å². The molecule has 1 aromatic carbocycles. The first-order chi connectivity index (χ1) is 9.41. The highest BCUT2D eigenvalue weighted by Gasteiger charge is 2.45. The summed E-state index contributed by atoms with van der Waals surface area (Å²) in [5.41, 5.74) is 5.38. The van der Waals surface area contributed by atoms with Gasteiger partial charge in [-0.1, -0.05) is 11.6 Å². The van der Waals surface area contributed by atoms with Gasteiger partial charge in [0.15, 0.2) is 0 Å². The van der Waals surface area contributed by atoms with Gasteiger partial charge in [0, 0.05) is 12.1 Å². The molecule has 0 aromatic heterocycles. The van der Waals surface area contributed by atoms with Gasteiger partial charge in [0.25, 0.3) is 0 Å². The van der Waals surface area contributed by atoms with Crippen LogP contribution in [0.1, 0.15) is 19.8 Å². The van der Waals surface area contributed by atoms with Crippen molar-refractivity contribution in [1.82, 2.24) is 4.90 Å². The Balaban J connectivity index is 1.78. The number of halogens is 1. The first-order valence-corrected chi connectivity index (χ1v) is 7.22. The largest absolute Gasteiger partial charge is 0.492 e. The Bertz CT molecular complexity index is 469. The van der Waals surface area contributed by atoms with Crippen molar-refractivity contribution >= 4 is 17.5 Å². The second-order valence-corrected chi connectivity index (χ2v) is 6.02. The van der Waals surface area contributed by atoms with E-state index in [-0.39, 0.29) is 5.91 Å². The molecule has 1 amide bonds. The molecule has 1 atom stereocenters. The third-order valence-corrected chi connectivity index (χ3v) is 3.99. The molecule has 0 spiro atoms. The fourth-order valence-corrected chi connectivity index (χ4v) is 2.33. The Morgan fingerprint density at radius 1 is 1.45 bits per heavy atom. The quantitative estimate of drug-likeness (QED) is 0.876. The zero-order chi connectivity index (χ0) is 14.8. The summed E-state index contributed by atoms with van der Waals surface area (Å²) in [5.74, 6) is 1.06. The van der Waals surface area contributed by atoms with Crippen LogP contribution < -0.4 is 10.5 Å². The molecule has 2 rings (SSSR count). The first-order valence-electron chi connectivity index (χ1n) is 6.84. The normalized spacial score (nSPS) is 17.4. The summed E-state index contributed by atoms with van der Waals surface area (Å²) in [6, 6.07) is 7.16. The van der Waals surface area contributed by atoms with E-state index in [2.05, 4.69) is 0 Å². The van der Waals surface area contributed by atoms with Crippen LogP contribution in [0.4, 0.5) is 0 Å². The van der Waals surface area contributed by atoms with Crippen molar-refractivity contribution in [3.63, 3.8) is 0 Å². The van der Waals surface area contributed by atoms with Crippen LogP contribution >= 0.6 is 11.6 Å². The van der Waals surface area contributed by atoms with Gasteiger partial charge in [0.2, 0.25) is 5.91 Å². The summed E-state index contributed by atoms with van der Waals surface area (Å²) in [6.45, 7) is 2.77. The predicted octanol–water partition coefficient (Wildman–Crippen LogP) is 2.30. The standard InChI is InChI=1S/C15H21ClN2O2/c1-15(17,11-3-4-11)14(19)18(2)9-10-20-13-7-5-12(16)6-8-13/h5-8,11H,3-4,9-10,17H2,1-2H3. The summed E-state index contributed by atoms with van der Waals surface area (Å²) in [4.78, 5) is 13.9. The molecule has 1 aromatic rings. The third kappa shape index (κ3) is 3.64. The number of amides is 1. The number of nitrogens with zero attached hydrogens (tertiary/aromatic N) is 1. The van der Waals surface area contributed by atoms with E-state index in [0.717, 1.165) is 18.6 Å². The molecule has 1 saturated carbocycles. The fraction of sp³-hybridized carbons (Fsp3) is 0.533. The maximum absolute atomic E-state index is 12.3. The fourth-order valence-electron chi connectivity index (χ4n) is 2.20. The van der Waals surface area contributed by atoms with E-state index >= 15 is 0 Å². The number of ether oxygens (including phenoxy) is 1. The molecule has 1 unspecified atom stereocenters. The van der Waals surface area contributed by atoms with Gasteiger partial charge < -0.3 is 15.4 Å². The van der Waals surface area contributed by atoms with Crippen LogP contribution in [0.25, 0.3) is 0 Å². The topological polar surface area (TPSA) is 55.6 Å². The molecular weight excluding hydrogens is 276 g/mol. The summed E-state index contributed by atoms with van der Waals surface area (Å²) < 4.78 is 5.58. The van der Waals surface area contributed by atoms with E-state index < -0.39 is 5.54 Å². The Morgan fingerprint density at radius 2 is 2.05 bits per heavy atom. The maximum atomic E-state index is 12.3. The molecule has 0 saturated heterocycles. The summed E-state index contributed by atoms with van der Waals surface area (Å²) >= 11 is 5.80. The second kappa shape index (κ2) is 6.02. The van der Waals surface area contributed by atoms with Crippen molar-refractivity contribution in [3.8, 4) is 5.75 Å². The molecule has 1 fully saturated rings. The summed E-state index contributed by atoms with van der Waals surface area (Å²) in [7, 11) is 1.76. The van der Waals surface area contributed by atoms with Crippen molar-refractivity contribution in [3.05, 3.63) is 29.3 Å². The monoisotopic (exact) mass is 296 g/mol. The van der Waals surface area contributed by atoms with Crippen molar-refractivity contribution < 1.29 is 9.53 Å². The van der Waals surface area contributed by atoms with Gasteiger partial charge in [-0.3, -0.25) is 4.79 Å². The SMILES string of the molecule is CN(CCOc1ccc(Cl)cc1)C(=O)C(C)(N)C1CC1. The number of hydrogen-bond acceptors (Lipinski definition) is 3. The highest BCUT2D eigenvalue weighted by atomic mass is 35.5. The Hall–Kier alpha value is -1.26. The van der Waals surface area contributed by atoms with E-state index in [1.807, 2.05) is 6.92 Å². The van der Waals surface area contributed by atoms with E-state index in [0.29, 0.717) is 24.1 Å². The average molecular weight is 297 g/mol. The Morgan fingerprint density at radius 3 is 2.60 bits per heavy atom. The molecular formula is C15H21ClN2O2. The first kappa shape index (κ1) is 15.1. The lowest BCUT2D eigenvalue weighted by atomic mass is 9.95. The van der Waals surface area contributed by atoms with Crippen molar-refractivity contribution in [2.75, 3.05) is 20.2 Å². The lowest BCUT2D eigenvalue weighted by Crippen LogP contribution is -2.54. The zero-order valence-corrected chi connectivity index (χ0v) is 12.7. The van der Waals surface area contributed by atoms with Crippen LogP contribution in [0.15, 0.2) is 24.3 Å². The Labute approximate surface area is 124 Å². The molecule has 0 heterocycles. The molecule has 20 heavy (non-hydrogen) atoms. The molecule has 5 heteroatoms. The molecule has 2 N–H and O–H groups in total. The maximum Gasteiger partial charge on any atom is 0.242 e. The highest BCUT2D eigenvalue weighted by molar-refractivity contribution is 6.30. The lowest BCUT2D eigenvalue weighted by Gasteiger charge is -2.29. The molecule has 1 aliphatic carbocycles. The van der Waals surface area contributed by atoms with Gasteiger partial charge in [0.1, 0.15) is 12.4 Å². The molecule has 1 aliphatic rings. The van der Waals surface area contributed by atoms with Crippen LogP contribution in [0.2, 0.25) is 5.02 Å². The molecule has 4 nitrogen and oxygen atoms in total. The number of carbonyl (C=O) groups excluding carboxylic acids is 1. The van der Waals surface area contributed by atoms with Gasteiger partial charge >= 0.3 is 0 Å². The minimum Gasteiger partial charge on any atom is -0.492 e. The van der Waals surface area contributed by atoms with Crippen molar-refractivity contribution in [2.24, 2.45) is 11.7 Å². The number of hydrogen-bond donors (Lipinski definition) is 1. The molecule has 0 aliphatic heterocycles. The minimum atomic E-state index is -0.741. The smallest absolute Gasteiger partial charge is 0.242 e. The third-order valence-electron chi connectivity index (χ3n) is 3.74. The summed E-state index contributed by atoms with van der Waals surface area (Å²) in [6.07, 6.45) is 2.10. The Kier molecular flexibility index (Phi) is 4.55. The van der Waals surface area contributed by atoms with E-state index in [1.54, 1.807) is 36.2 Å². The van der Waals surface area contributed by atoms with Crippen LogP contribution in [-0.2, 0) is 4.79 Å². The van der Waals surface area contributed by atoms with Gasteiger partial charge in [0.05, 0.1) is 12.1 Å². The number of likely N-dealkylation sites (N-methyl/N-ethyl adjacent to an activating group) is 1.